The Hall–Kier alpha value is -1.64. The smallest absolute Gasteiger partial charge is 0.224 e. The molecule has 3 N–H and O–H groups in total. The second-order valence-electron chi connectivity index (χ2n) is 8.16. The van der Waals surface area contributed by atoms with Crippen LogP contribution in [0.15, 0.2) is 30.3 Å². The van der Waals surface area contributed by atoms with E-state index in [1.807, 2.05) is 18.2 Å². The monoisotopic (exact) mass is 497 g/mol. The van der Waals surface area contributed by atoms with E-state index in [9.17, 15) is 4.79 Å². The van der Waals surface area contributed by atoms with E-state index in [0.717, 1.165) is 37.2 Å². The molecule has 0 aliphatic carbocycles. The molecule has 0 unspecified atom stereocenters. The van der Waals surface area contributed by atoms with Crippen molar-refractivity contribution in [3.8, 4) is 17.2 Å². The molecule has 1 saturated heterocycles. The van der Waals surface area contributed by atoms with Gasteiger partial charge in [0.1, 0.15) is 11.5 Å². The summed E-state index contributed by atoms with van der Waals surface area (Å²) in [5.41, 5.74) is 1.57. The number of methoxy groups -OCH3 is 1. The van der Waals surface area contributed by atoms with Gasteiger partial charge in [-0.05, 0) is 55.0 Å². The Balaban J connectivity index is 1.66. The molecule has 2 aromatic carbocycles. The molecule has 0 aromatic heterocycles. The number of anilines is 1. The van der Waals surface area contributed by atoms with E-state index >= 15 is 0 Å². The third-order valence-electron chi connectivity index (χ3n) is 5.52. The summed E-state index contributed by atoms with van der Waals surface area (Å²) in [7, 11) is 1.64. The number of hydrogen-bond acceptors (Lipinski definition) is 6. The van der Waals surface area contributed by atoms with E-state index in [1.54, 1.807) is 19.2 Å². The van der Waals surface area contributed by atoms with Crippen LogP contribution in [0, 0.1) is 5.92 Å². The van der Waals surface area contributed by atoms with Crippen LogP contribution in [0.3, 0.4) is 0 Å². The number of nitrogens with zero attached hydrogens (tertiary/aromatic N) is 1. The van der Waals surface area contributed by atoms with Crippen molar-refractivity contribution in [3.05, 3.63) is 45.9 Å². The molecule has 9 heteroatoms. The lowest BCUT2D eigenvalue weighted by Crippen LogP contribution is -2.31. The topological polar surface area (TPSA) is 76.8 Å². The molecule has 0 saturated carbocycles. The number of nitrogens with one attached hydrogen (secondary N) is 1. The minimum absolute atomic E-state index is 0.0543. The van der Waals surface area contributed by atoms with Crippen molar-refractivity contribution in [1.29, 1.82) is 0 Å². The van der Waals surface area contributed by atoms with Gasteiger partial charge in [0, 0.05) is 42.9 Å². The van der Waals surface area contributed by atoms with Crippen molar-refractivity contribution in [1.82, 2.24) is 4.31 Å². The largest absolute Gasteiger partial charge is 0.496 e. The van der Waals surface area contributed by atoms with Gasteiger partial charge in [-0.1, -0.05) is 37.0 Å². The number of ether oxygens (including phenoxy) is 2. The molecule has 1 aliphatic heterocycles. The molecule has 32 heavy (non-hydrogen) atoms. The molecule has 1 fully saturated rings. The van der Waals surface area contributed by atoms with Gasteiger partial charge in [0.05, 0.1) is 17.2 Å². The van der Waals surface area contributed by atoms with Crippen molar-refractivity contribution in [2.75, 3.05) is 25.5 Å². The maximum absolute atomic E-state index is 12.5. The van der Waals surface area contributed by atoms with Crippen LogP contribution in [0.1, 0.15) is 44.6 Å². The first-order valence-electron chi connectivity index (χ1n) is 10.6. The van der Waals surface area contributed by atoms with E-state index in [-0.39, 0.29) is 11.8 Å². The van der Waals surface area contributed by atoms with Gasteiger partial charge in [-0.3, -0.25) is 9.93 Å². The number of piperidine rings is 1. The molecule has 1 heterocycles. The first-order valence-corrected chi connectivity index (χ1v) is 12.2. The van der Waals surface area contributed by atoms with E-state index in [4.69, 9.17) is 37.8 Å². The van der Waals surface area contributed by atoms with Gasteiger partial charge in [-0.25, -0.2) is 4.31 Å². The number of amides is 1. The van der Waals surface area contributed by atoms with Crippen molar-refractivity contribution >= 4 is 46.9 Å². The van der Waals surface area contributed by atoms with Crippen LogP contribution in [-0.2, 0) is 4.79 Å². The summed E-state index contributed by atoms with van der Waals surface area (Å²) in [4.78, 5) is 12.5. The fourth-order valence-corrected chi connectivity index (χ4v) is 4.75. The number of nitrogens with two attached hydrogens (primary N) is 1. The van der Waals surface area contributed by atoms with E-state index < -0.39 is 0 Å². The molecule has 0 bridgehead atoms. The quantitative estimate of drug-likeness (QED) is 0.406. The summed E-state index contributed by atoms with van der Waals surface area (Å²) >= 11 is 14.2. The molecule has 3 rings (SSSR count). The van der Waals surface area contributed by atoms with Crippen LogP contribution in [0.4, 0.5) is 5.69 Å². The molecule has 2 aromatic rings. The number of benzene rings is 2. The standard InChI is InChI=1S/C23H29Cl2N3O3S/c1-14(2)18-13-17(4-5-21(18)30-3)31-23-19(24)11-16(12-20(23)25)27-22(29)10-15-6-8-28(32-26)9-7-15/h4-5,11-15H,6-10,26H2,1-3H3,(H,27,29). The summed E-state index contributed by atoms with van der Waals surface area (Å²) in [6.45, 7) is 5.96. The first kappa shape index (κ1) is 25.0. The van der Waals surface area contributed by atoms with Crippen LogP contribution in [0.2, 0.25) is 10.0 Å². The summed E-state index contributed by atoms with van der Waals surface area (Å²) in [6, 6.07) is 8.89. The molecule has 0 atom stereocenters. The second kappa shape index (κ2) is 11.5. The summed E-state index contributed by atoms with van der Waals surface area (Å²) < 4.78 is 13.5. The number of hydrogen-bond donors (Lipinski definition) is 2. The van der Waals surface area contributed by atoms with Crippen molar-refractivity contribution in [3.63, 3.8) is 0 Å². The fraction of sp³-hybridized carbons (Fsp3) is 0.435. The lowest BCUT2D eigenvalue weighted by molar-refractivity contribution is -0.117. The lowest BCUT2D eigenvalue weighted by atomic mass is 9.94. The zero-order valence-electron chi connectivity index (χ0n) is 18.5. The molecule has 6 nitrogen and oxygen atoms in total. The average molecular weight is 498 g/mol. The number of carbonyl (C=O) groups is 1. The second-order valence-corrected chi connectivity index (χ2v) is 9.70. The molecule has 174 valence electrons. The van der Waals surface area contributed by atoms with Crippen LogP contribution < -0.4 is 19.9 Å². The Morgan fingerprint density at radius 3 is 2.44 bits per heavy atom. The Kier molecular flexibility index (Phi) is 8.96. The highest BCUT2D eigenvalue weighted by Crippen LogP contribution is 2.40. The fourth-order valence-electron chi connectivity index (χ4n) is 3.77. The third kappa shape index (κ3) is 6.45. The van der Waals surface area contributed by atoms with Gasteiger partial charge < -0.3 is 14.8 Å². The summed E-state index contributed by atoms with van der Waals surface area (Å²) in [5, 5.41) is 9.14. The Bertz CT molecular complexity index is 927. The van der Waals surface area contributed by atoms with E-state index in [2.05, 4.69) is 23.5 Å². The normalized spacial score (nSPS) is 15.1. The zero-order valence-corrected chi connectivity index (χ0v) is 20.8. The van der Waals surface area contributed by atoms with Crippen LogP contribution >= 0.6 is 35.3 Å². The Morgan fingerprint density at radius 2 is 1.88 bits per heavy atom. The molecule has 1 aliphatic rings. The van der Waals surface area contributed by atoms with Crippen LogP contribution in [0.25, 0.3) is 0 Å². The van der Waals surface area contributed by atoms with Gasteiger partial charge in [0.2, 0.25) is 5.91 Å². The molecular weight excluding hydrogens is 469 g/mol. The molecular formula is C23H29Cl2N3O3S. The summed E-state index contributed by atoms with van der Waals surface area (Å²) in [6.07, 6.45) is 2.36. The minimum Gasteiger partial charge on any atom is -0.496 e. The van der Waals surface area contributed by atoms with Crippen molar-refractivity contribution in [2.45, 2.75) is 39.0 Å². The molecule has 1 amide bonds. The maximum atomic E-state index is 12.5. The van der Waals surface area contributed by atoms with Gasteiger partial charge >= 0.3 is 0 Å². The molecule has 0 radical (unpaired) electrons. The first-order chi connectivity index (χ1) is 15.3. The highest BCUT2D eigenvalue weighted by atomic mass is 35.5. The minimum atomic E-state index is -0.0543. The Morgan fingerprint density at radius 1 is 1.22 bits per heavy atom. The van der Waals surface area contributed by atoms with E-state index in [1.165, 1.54) is 12.1 Å². The highest BCUT2D eigenvalue weighted by molar-refractivity contribution is 7.94. The van der Waals surface area contributed by atoms with E-state index in [0.29, 0.717) is 39.6 Å². The SMILES string of the molecule is COc1ccc(Oc2c(Cl)cc(NC(=O)CC3CCN(SN)CC3)cc2Cl)cc1C(C)C. The number of rotatable bonds is 8. The predicted octanol–water partition coefficient (Wildman–Crippen LogP) is 6.48. The lowest BCUT2D eigenvalue weighted by Gasteiger charge is -2.29. The predicted molar refractivity (Wildman–Crippen MR) is 133 cm³/mol. The highest BCUT2D eigenvalue weighted by Gasteiger charge is 2.22. The van der Waals surface area contributed by atoms with Gasteiger partial charge in [-0.2, -0.15) is 0 Å². The molecule has 0 spiro atoms. The van der Waals surface area contributed by atoms with Crippen LogP contribution in [-0.4, -0.2) is 30.4 Å². The van der Waals surface area contributed by atoms with Crippen LogP contribution in [0.5, 0.6) is 17.2 Å². The van der Waals surface area contributed by atoms with Crippen molar-refractivity contribution in [2.24, 2.45) is 11.1 Å². The van der Waals surface area contributed by atoms with Gasteiger partial charge in [-0.15, -0.1) is 0 Å². The van der Waals surface area contributed by atoms with Gasteiger partial charge in [0.15, 0.2) is 5.75 Å². The number of halogens is 2. The third-order valence-corrected chi connectivity index (χ3v) is 6.75. The maximum Gasteiger partial charge on any atom is 0.224 e. The average Bonchev–Trinajstić information content (AvgIpc) is 2.76. The zero-order chi connectivity index (χ0) is 23.3. The number of carbonyl (C=O) groups excluding carboxylic acids is 1. The van der Waals surface area contributed by atoms with Crippen molar-refractivity contribution < 1.29 is 14.3 Å². The Labute approximate surface area is 204 Å². The summed E-state index contributed by atoms with van der Waals surface area (Å²) in [5.74, 6) is 2.31. The van der Waals surface area contributed by atoms with Gasteiger partial charge in [0.25, 0.3) is 0 Å².